The van der Waals surface area contributed by atoms with Crippen molar-refractivity contribution in [2.75, 3.05) is 6.61 Å². The van der Waals surface area contributed by atoms with Crippen LogP contribution in [0.15, 0.2) is 76.6 Å². The summed E-state index contributed by atoms with van der Waals surface area (Å²) in [4.78, 5) is 37.2. The average Bonchev–Trinajstić information content (AvgIpc) is 3.27. The van der Waals surface area contributed by atoms with Crippen molar-refractivity contribution in [3.8, 4) is 5.75 Å². The third-order valence-corrected chi connectivity index (χ3v) is 4.45. The Morgan fingerprint density at radius 2 is 1.47 bits per heavy atom. The Balaban J connectivity index is 1.51. The van der Waals surface area contributed by atoms with Gasteiger partial charge in [-0.05, 0) is 35.4 Å². The van der Waals surface area contributed by atoms with Gasteiger partial charge in [0.25, 0.3) is 11.1 Å². The fraction of sp³-hybridized carbons (Fsp3) is 0.0870. The molecule has 0 spiro atoms. The molecule has 3 N–H and O–H groups in total. The van der Waals surface area contributed by atoms with Crippen LogP contribution in [0.2, 0.25) is 0 Å². The maximum Gasteiger partial charge on any atom is 0.272 e. The number of rotatable bonds is 6. The van der Waals surface area contributed by atoms with Crippen LogP contribution < -0.4 is 26.6 Å². The Bertz CT molecular complexity index is 1340. The highest BCUT2D eigenvalue weighted by Crippen LogP contribution is 2.12. The standard InChI is InChI=1S/C23H20N4O3/c28-22-19(14-16-4-2-1-3-5-16)26-23(29)20(27-22)15-17-6-8-18(9-7-17)30-13-10-21-24-11-12-25-21/h1-9,11-12,14-15H,10,13H2,(H,24,25)(H,26,29)(H,27,28)/b19-14-,20-15-. The summed E-state index contributed by atoms with van der Waals surface area (Å²) in [6, 6.07) is 16.6. The van der Waals surface area contributed by atoms with Crippen LogP contribution in [0, 0.1) is 0 Å². The molecule has 0 unspecified atom stereocenters. The van der Waals surface area contributed by atoms with Crippen LogP contribution >= 0.6 is 0 Å². The number of aromatic nitrogens is 4. The summed E-state index contributed by atoms with van der Waals surface area (Å²) >= 11 is 0. The van der Waals surface area contributed by atoms with Gasteiger partial charge in [0.05, 0.1) is 6.61 Å². The van der Waals surface area contributed by atoms with Crippen molar-refractivity contribution in [2.45, 2.75) is 6.42 Å². The Morgan fingerprint density at radius 1 is 0.833 bits per heavy atom. The summed E-state index contributed by atoms with van der Waals surface area (Å²) in [6.45, 7) is 0.503. The highest BCUT2D eigenvalue weighted by Gasteiger charge is 1.99. The van der Waals surface area contributed by atoms with Gasteiger partial charge in [-0.1, -0.05) is 42.5 Å². The molecule has 30 heavy (non-hydrogen) atoms. The smallest absolute Gasteiger partial charge is 0.272 e. The van der Waals surface area contributed by atoms with Crippen LogP contribution in [0.4, 0.5) is 0 Å². The third kappa shape index (κ3) is 4.82. The molecule has 4 rings (SSSR count). The van der Waals surface area contributed by atoms with Gasteiger partial charge < -0.3 is 19.7 Å². The van der Waals surface area contributed by atoms with E-state index in [2.05, 4.69) is 19.9 Å². The molecule has 0 saturated heterocycles. The van der Waals surface area contributed by atoms with E-state index in [-0.39, 0.29) is 21.8 Å². The van der Waals surface area contributed by atoms with Gasteiger partial charge in [0.2, 0.25) is 0 Å². The molecule has 2 aromatic heterocycles. The summed E-state index contributed by atoms with van der Waals surface area (Å²) in [5.41, 5.74) is 0.880. The van der Waals surface area contributed by atoms with E-state index < -0.39 is 0 Å². The molecule has 0 saturated carbocycles. The van der Waals surface area contributed by atoms with E-state index in [0.29, 0.717) is 18.8 Å². The van der Waals surface area contributed by atoms with Gasteiger partial charge in [0.1, 0.15) is 22.3 Å². The van der Waals surface area contributed by atoms with E-state index in [1.54, 1.807) is 24.5 Å². The van der Waals surface area contributed by atoms with Crippen molar-refractivity contribution in [3.63, 3.8) is 0 Å². The van der Waals surface area contributed by atoms with Crippen molar-refractivity contribution in [1.82, 2.24) is 19.9 Å². The lowest BCUT2D eigenvalue weighted by atomic mass is 10.2. The normalized spacial score (nSPS) is 12.3. The van der Waals surface area contributed by atoms with E-state index in [0.717, 1.165) is 17.0 Å². The zero-order chi connectivity index (χ0) is 20.8. The van der Waals surface area contributed by atoms with Crippen molar-refractivity contribution in [1.29, 1.82) is 0 Å². The number of H-pyrrole nitrogens is 3. The number of nitrogens with zero attached hydrogens (tertiary/aromatic N) is 1. The molecular weight excluding hydrogens is 380 g/mol. The van der Waals surface area contributed by atoms with Crippen LogP contribution in [-0.4, -0.2) is 26.5 Å². The lowest BCUT2D eigenvalue weighted by Gasteiger charge is -2.05. The number of ether oxygens (including phenoxy) is 1. The van der Waals surface area contributed by atoms with Crippen LogP contribution in [0.1, 0.15) is 17.0 Å². The minimum absolute atomic E-state index is 0.191. The SMILES string of the molecule is O=c1[nH]/c(=C\c2ccc(OCCc3ncc[nH]3)cc2)c(=O)[nH]/c1=C\c1ccccc1. The fourth-order valence-electron chi connectivity index (χ4n) is 2.94. The molecule has 0 fully saturated rings. The summed E-state index contributed by atoms with van der Waals surface area (Å²) < 4.78 is 5.70. The molecule has 0 aliphatic rings. The first-order valence-corrected chi connectivity index (χ1v) is 9.50. The zero-order valence-corrected chi connectivity index (χ0v) is 16.1. The lowest BCUT2D eigenvalue weighted by molar-refractivity contribution is 0.319. The predicted molar refractivity (Wildman–Crippen MR) is 115 cm³/mol. The van der Waals surface area contributed by atoms with Gasteiger partial charge in [0.15, 0.2) is 0 Å². The number of aromatic amines is 3. The van der Waals surface area contributed by atoms with Crippen LogP contribution in [0.3, 0.4) is 0 Å². The largest absolute Gasteiger partial charge is 0.493 e. The van der Waals surface area contributed by atoms with E-state index in [4.69, 9.17) is 4.74 Å². The first kappa shape index (κ1) is 19.2. The zero-order valence-electron chi connectivity index (χ0n) is 16.1. The molecule has 2 aromatic carbocycles. The average molecular weight is 400 g/mol. The summed E-state index contributed by atoms with van der Waals surface area (Å²) in [5.74, 6) is 1.59. The van der Waals surface area contributed by atoms with Crippen LogP contribution in [0.5, 0.6) is 5.75 Å². The molecule has 7 nitrogen and oxygen atoms in total. The van der Waals surface area contributed by atoms with Gasteiger partial charge in [-0.3, -0.25) is 9.59 Å². The Labute approximate surface area is 171 Å². The number of hydrogen-bond acceptors (Lipinski definition) is 4. The molecular formula is C23H20N4O3. The fourth-order valence-corrected chi connectivity index (χ4v) is 2.94. The van der Waals surface area contributed by atoms with Crippen molar-refractivity contribution in [2.24, 2.45) is 0 Å². The van der Waals surface area contributed by atoms with Crippen LogP contribution in [0.25, 0.3) is 12.2 Å². The second kappa shape index (κ2) is 8.91. The van der Waals surface area contributed by atoms with Gasteiger partial charge in [-0.15, -0.1) is 0 Å². The second-order valence-corrected chi connectivity index (χ2v) is 6.64. The summed E-state index contributed by atoms with van der Waals surface area (Å²) in [7, 11) is 0. The molecule has 150 valence electrons. The quantitative estimate of drug-likeness (QED) is 0.450. The molecule has 0 aliphatic heterocycles. The molecule has 0 bridgehead atoms. The first-order chi connectivity index (χ1) is 14.7. The maximum atomic E-state index is 12.4. The van der Waals surface area contributed by atoms with E-state index >= 15 is 0 Å². The monoisotopic (exact) mass is 400 g/mol. The molecule has 0 radical (unpaired) electrons. The summed E-state index contributed by atoms with van der Waals surface area (Å²) in [6.07, 6.45) is 7.43. The van der Waals surface area contributed by atoms with Crippen molar-refractivity contribution >= 4 is 12.2 Å². The van der Waals surface area contributed by atoms with E-state index in [1.807, 2.05) is 54.6 Å². The van der Waals surface area contributed by atoms with E-state index in [9.17, 15) is 9.59 Å². The van der Waals surface area contributed by atoms with E-state index in [1.165, 1.54) is 0 Å². The first-order valence-electron chi connectivity index (χ1n) is 9.50. The lowest BCUT2D eigenvalue weighted by Crippen LogP contribution is -2.46. The molecule has 0 aliphatic carbocycles. The number of imidazole rings is 1. The van der Waals surface area contributed by atoms with Gasteiger partial charge in [0, 0.05) is 18.8 Å². The Kier molecular flexibility index (Phi) is 5.70. The molecule has 0 amide bonds. The Morgan fingerprint density at radius 3 is 2.07 bits per heavy atom. The molecule has 4 aromatic rings. The highest BCUT2D eigenvalue weighted by molar-refractivity contribution is 5.50. The number of hydrogen-bond donors (Lipinski definition) is 3. The van der Waals surface area contributed by atoms with Crippen molar-refractivity contribution < 1.29 is 4.74 Å². The van der Waals surface area contributed by atoms with Gasteiger partial charge >= 0.3 is 0 Å². The molecule has 7 heteroatoms. The van der Waals surface area contributed by atoms with Crippen molar-refractivity contribution in [3.05, 3.63) is 115 Å². The minimum atomic E-state index is -0.365. The second-order valence-electron chi connectivity index (χ2n) is 6.64. The predicted octanol–water partition coefficient (Wildman–Crippen LogP) is 1.07. The van der Waals surface area contributed by atoms with Gasteiger partial charge in [-0.25, -0.2) is 4.98 Å². The molecule has 0 atom stereocenters. The number of benzene rings is 2. The van der Waals surface area contributed by atoms with Gasteiger partial charge in [-0.2, -0.15) is 0 Å². The highest BCUT2D eigenvalue weighted by atomic mass is 16.5. The molecule has 2 heterocycles. The minimum Gasteiger partial charge on any atom is -0.493 e. The summed E-state index contributed by atoms with van der Waals surface area (Å²) in [5, 5.41) is 0.403. The number of nitrogens with one attached hydrogen (secondary N) is 3. The van der Waals surface area contributed by atoms with Crippen LogP contribution in [-0.2, 0) is 6.42 Å². The maximum absolute atomic E-state index is 12.4. The third-order valence-electron chi connectivity index (χ3n) is 4.45. The topological polar surface area (TPSA) is 104 Å². The Hall–Kier alpha value is -4.13.